The van der Waals surface area contributed by atoms with Crippen molar-refractivity contribution in [2.24, 2.45) is 5.73 Å². The molecule has 0 aliphatic heterocycles. The second-order valence-electron chi connectivity index (χ2n) is 4.86. The number of rotatable bonds is 3. The van der Waals surface area contributed by atoms with Crippen LogP contribution in [0.3, 0.4) is 0 Å². The van der Waals surface area contributed by atoms with Gasteiger partial charge in [0, 0.05) is 24.2 Å². The molecule has 102 valence electrons. The third-order valence-electron chi connectivity index (χ3n) is 3.23. The van der Waals surface area contributed by atoms with Crippen molar-refractivity contribution in [3.8, 4) is 11.3 Å². The average Bonchev–Trinajstić information content (AvgIpc) is 2.84. The van der Waals surface area contributed by atoms with E-state index in [0.717, 1.165) is 17.0 Å². The van der Waals surface area contributed by atoms with Crippen LogP contribution in [0.2, 0.25) is 0 Å². The van der Waals surface area contributed by atoms with E-state index in [4.69, 9.17) is 5.73 Å². The predicted octanol–water partition coefficient (Wildman–Crippen LogP) is 1.50. The van der Waals surface area contributed by atoms with Crippen LogP contribution in [-0.4, -0.2) is 21.1 Å². The SMILES string of the molecule is Cc1cccc(-c2cc3nc(CCN)cc(=O)n3[nH]2)c1. The number of H-pyrrole nitrogens is 1. The van der Waals surface area contributed by atoms with E-state index in [0.29, 0.717) is 18.6 Å². The van der Waals surface area contributed by atoms with Crippen LogP contribution < -0.4 is 11.3 Å². The Bertz CT molecular complexity index is 816. The highest BCUT2D eigenvalue weighted by Crippen LogP contribution is 2.19. The van der Waals surface area contributed by atoms with E-state index in [1.165, 1.54) is 16.1 Å². The summed E-state index contributed by atoms with van der Waals surface area (Å²) in [5.41, 5.74) is 9.84. The number of hydrogen-bond donors (Lipinski definition) is 2. The summed E-state index contributed by atoms with van der Waals surface area (Å²) >= 11 is 0. The molecule has 3 rings (SSSR count). The lowest BCUT2D eigenvalue weighted by atomic mass is 10.1. The largest absolute Gasteiger partial charge is 0.330 e. The van der Waals surface area contributed by atoms with Gasteiger partial charge in [-0.2, -0.15) is 0 Å². The molecule has 5 nitrogen and oxygen atoms in total. The molecule has 0 fully saturated rings. The minimum absolute atomic E-state index is 0.114. The number of aryl methyl sites for hydroxylation is 1. The van der Waals surface area contributed by atoms with Crippen LogP contribution in [0.1, 0.15) is 11.3 Å². The highest BCUT2D eigenvalue weighted by molar-refractivity contribution is 5.64. The molecule has 2 heterocycles. The third-order valence-corrected chi connectivity index (χ3v) is 3.23. The van der Waals surface area contributed by atoms with Crippen LogP contribution in [0.25, 0.3) is 16.9 Å². The zero-order valence-electron chi connectivity index (χ0n) is 11.3. The number of nitrogens with zero attached hydrogens (tertiary/aromatic N) is 2. The molecule has 3 aromatic rings. The molecule has 0 unspecified atom stereocenters. The van der Waals surface area contributed by atoms with Crippen molar-refractivity contribution in [2.75, 3.05) is 6.54 Å². The molecule has 0 bridgehead atoms. The van der Waals surface area contributed by atoms with E-state index in [-0.39, 0.29) is 5.56 Å². The van der Waals surface area contributed by atoms with Crippen LogP contribution in [0.15, 0.2) is 41.2 Å². The first-order valence-electron chi connectivity index (χ1n) is 6.56. The zero-order chi connectivity index (χ0) is 14.1. The molecule has 0 radical (unpaired) electrons. The maximum absolute atomic E-state index is 12.0. The normalized spacial score (nSPS) is 11.1. The molecule has 0 saturated heterocycles. The first-order valence-corrected chi connectivity index (χ1v) is 6.56. The number of benzene rings is 1. The van der Waals surface area contributed by atoms with Crippen molar-refractivity contribution < 1.29 is 0 Å². The van der Waals surface area contributed by atoms with Gasteiger partial charge >= 0.3 is 0 Å². The number of fused-ring (bicyclic) bond motifs is 1. The Kier molecular flexibility index (Phi) is 3.12. The van der Waals surface area contributed by atoms with Gasteiger partial charge in [-0.05, 0) is 25.1 Å². The lowest BCUT2D eigenvalue weighted by Crippen LogP contribution is -2.17. The minimum Gasteiger partial charge on any atom is -0.330 e. The Hall–Kier alpha value is -2.40. The third kappa shape index (κ3) is 2.23. The van der Waals surface area contributed by atoms with Gasteiger partial charge in [0.15, 0.2) is 5.65 Å². The molecule has 0 aliphatic carbocycles. The van der Waals surface area contributed by atoms with Crippen LogP contribution in [0.5, 0.6) is 0 Å². The van der Waals surface area contributed by atoms with E-state index in [2.05, 4.69) is 16.1 Å². The Morgan fingerprint density at radius 3 is 2.90 bits per heavy atom. The monoisotopic (exact) mass is 268 g/mol. The van der Waals surface area contributed by atoms with Gasteiger partial charge in [0.1, 0.15) is 0 Å². The molecular formula is C15H16N4O. The van der Waals surface area contributed by atoms with E-state index < -0.39 is 0 Å². The smallest absolute Gasteiger partial charge is 0.272 e. The Balaban J connectivity index is 2.15. The second-order valence-corrected chi connectivity index (χ2v) is 4.86. The fraction of sp³-hybridized carbons (Fsp3) is 0.200. The number of aromatic amines is 1. The van der Waals surface area contributed by atoms with E-state index in [1.807, 2.05) is 31.2 Å². The maximum atomic E-state index is 12.0. The fourth-order valence-corrected chi connectivity index (χ4v) is 2.28. The average molecular weight is 268 g/mol. The highest BCUT2D eigenvalue weighted by Gasteiger charge is 2.07. The van der Waals surface area contributed by atoms with Gasteiger partial charge in [0.25, 0.3) is 5.56 Å². The summed E-state index contributed by atoms with van der Waals surface area (Å²) in [5.74, 6) is 0. The molecule has 0 aliphatic rings. The molecule has 5 heteroatoms. The van der Waals surface area contributed by atoms with E-state index >= 15 is 0 Å². The van der Waals surface area contributed by atoms with Crippen LogP contribution >= 0.6 is 0 Å². The van der Waals surface area contributed by atoms with Gasteiger partial charge in [-0.25, -0.2) is 9.50 Å². The van der Waals surface area contributed by atoms with Crippen molar-refractivity contribution in [2.45, 2.75) is 13.3 Å². The summed E-state index contributed by atoms with van der Waals surface area (Å²) < 4.78 is 1.46. The first kappa shape index (κ1) is 12.6. The van der Waals surface area contributed by atoms with Crippen LogP contribution in [-0.2, 0) is 6.42 Å². The van der Waals surface area contributed by atoms with E-state index in [1.54, 1.807) is 0 Å². The van der Waals surface area contributed by atoms with Crippen molar-refractivity contribution in [3.05, 3.63) is 58.0 Å². The molecule has 0 amide bonds. The van der Waals surface area contributed by atoms with Crippen molar-refractivity contribution >= 4 is 5.65 Å². The van der Waals surface area contributed by atoms with Crippen molar-refractivity contribution in [3.63, 3.8) is 0 Å². The number of nitrogens with two attached hydrogens (primary N) is 1. The zero-order valence-corrected chi connectivity index (χ0v) is 11.3. The Labute approximate surface area is 116 Å². The molecule has 0 saturated carbocycles. The summed E-state index contributed by atoms with van der Waals surface area (Å²) in [4.78, 5) is 16.5. The number of hydrogen-bond acceptors (Lipinski definition) is 3. The van der Waals surface area contributed by atoms with Gasteiger partial charge in [-0.15, -0.1) is 0 Å². The predicted molar refractivity (Wildman–Crippen MR) is 78.7 cm³/mol. The molecule has 2 aromatic heterocycles. The summed E-state index contributed by atoms with van der Waals surface area (Å²) in [5, 5.41) is 3.09. The van der Waals surface area contributed by atoms with Crippen LogP contribution in [0.4, 0.5) is 0 Å². The summed E-state index contributed by atoms with van der Waals surface area (Å²) in [6, 6.07) is 11.5. The molecule has 20 heavy (non-hydrogen) atoms. The molecule has 0 spiro atoms. The Morgan fingerprint density at radius 1 is 1.30 bits per heavy atom. The first-order chi connectivity index (χ1) is 9.67. The lowest BCUT2D eigenvalue weighted by Gasteiger charge is -1.98. The Morgan fingerprint density at radius 2 is 2.15 bits per heavy atom. The molecular weight excluding hydrogens is 252 g/mol. The van der Waals surface area contributed by atoms with Gasteiger partial charge in [0.05, 0.1) is 5.69 Å². The van der Waals surface area contributed by atoms with Crippen LogP contribution in [0, 0.1) is 6.92 Å². The molecule has 0 atom stereocenters. The fourth-order valence-electron chi connectivity index (χ4n) is 2.28. The number of nitrogens with one attached hydrogen (secondary N) is 1. The molecule has 3 N–H and O–H groups in total. The van der Waals surface area contributed by atoms with Gasteiger partial charge in [-0.3, -0.25) is 9.89 Å². The maximum Gasteiger partial charge on any atom is 0.272 e. The number of aromatic nitrogens is 3. The quantitative estimate of drug-likeness (QED) is 0.755. The minimum atomic E-state index is -0.114. The van der Waals surface area contributed by atoms with Gasteiger partial charge < -0.3 is 5.73 Å². The van der Waals surface area contributed by atoms with Gasteiger partial charge in [0.2, 0.25) is 0 Å². The second kappa shape index (κ2) is 4.94. The van der Waals surface area contributed by atoms with Gasteiger partial charge in [-0.1, -0.05) is 23.8 Å². The highest BCUT2D eigenvalue weighted by atomic mass is 16.1. The standard InChI is InChI=1S/C15H16N4O/c1-10-3-2-4-11(7-10)13-9-14-17-12(5-6-16)8-15(20)19(14)18-13/h2-4,7-9,18H,5-6,16H2,1H3. The topological polar surface area (TPSA) is 76.2 Å². The lowest BCUT2D eigenvalue weighted by molar-refractivity contribution is 0.858. The summed E-state index contributed by atoms with van der Waals surface area (Å²) in [7, 11) is 0. The van der Waals surface area contributed by atoms with Crippen molar-refractivity contribution in [1.82, 2.24) is 14.6 Å². The van der Waals surface area contributed by atoms with Crippen molar-refractivity contribution in [1.29, 1.82) is 0 Å². The summed E-state index contributed by atoms with van der Waals surface area (Å²) in [6.07, 6.45) is 0.608. The summed E-state index contributed by atoms with van der Waals surface area (Å²) in [6.45, 7) is 2.52. The molecule has 1 aromatic carbocycles. The van der Waals surface area contributed by atoms with E-state index in [9.17, 15) is 4.79 Å².